The molecule has 266 valence electrons. The van der Waals surface area contributed by atoms with Crippen LogP contribution in [0.1, 0.15) is 109 Å². The van der Waals surface area contributed by atoms with Crippen molar-refractivity contribution in [1.29, 1.82) is 0 Å². The molecule has 47 heavy (non-hydrogen) atoms. The van der Waals surface area contributed by atoms with E-state index in [-0.39, 0.29) is 90.0 Å². The van der Waals surface area contributed by atoms with E-state index < -0.39 is 39.1 Å². The number of carbonyl (C=O) groups is 3. The Morgan fingerprint density at radius 2 is 1.15 bits per heavy atom. The van der Waals surface area contributed by atoms with Crippen molar-refractivity contribution in [1.82, 2.24) is 0 Å². The van der Waals surface area contributed by atoms with E-state index >= 15 is 0 Å². The number of hydrogen-bond acceptors (Lipinski definition) is 9. The maximum Gasteiger partial charge on any atom is 1.00 e. The van der Waals surface area contributed by atoms with Crippen molar-refractivity contribution in [3.05, 3.63) is 0 Å². The first kappa shape index (κ1) is 51.3. The molecule has 0 bridgehead atoms. The molecule has 0 spiro atoms. The molecule has 0 saturated heterocycles. The maximum atomic E-state index is 12.1. The minimum atomic E-state index is -5.32. The van der Waals surface area contributed by atoms with Gasteiger partial charge in [0.05, 0.1) is 14.4 Å². The zero-order valence-corrected chi connectivity index (χ0v) is 32.6. The van der Waals surface area contributed by atoms with Crippen molar-refractivity contribution in [2.75, 3.05) is 13.2 Å². The summed E-state index contributed by atoms with van der Waals surface area (Å²) in [5.41, 5.74) is 4.47. The summed E-state index contributed by atoms with van der Waals surface area (Å²) in [6.45, 7) is 2.15. The molecule has 0 aromatic rings. The van der Waals surface area contributed by atoms with E-state index in [1.807, 2.05) is 0 Å². The van der Waals surface area contributed by atoms with Gasteiger partial charge in [0.25, 0.3) is 0 Å². The van der Waals surface area contributed by atoms with E-state index in [1.165, 1.54) is 51.9 Å². The van der Waals surface area contributed by atoms with Crippen molar-refractivity contribution in [2.24, 2.45) is 5.73 Å². The summed E-state index contributed by atoms with van der Waals surface area (Å²) in [4.78, 5) is 54.8. The number of nitrogens with two attached hydrogens (primary N) is 1. The number of rotatable bonds is 18. The van der Waals surface area contributed by atoms with Gasteiger partial charge in [-0.2, -0.15) is 0 Å². The van der Waals surface area contributed by atoms with Crippen LogP contribution in [0.25, 0.3) is 0 Å². The van der Waals surface area contributed by atoms with Crippen molar-refractivity contribution in [2.45, 2.75) is 97.0 Å². The van der Waals surface area contributed by atoms with Gasteiger partial charge in [-0.3, -0.25) is 9.59 Å². The first-order chi connectivity index (χ1) is 21.5. The number of unbranched alkanes of at least 4 members (excludes halogenated alkanes) is 10. The molecular weight excluding hydrogens is 643 g/mol. The second-order valence-corrected chi connectivity index (χ2v) is 10.1. The monoisotopic (exact) mass is 707 g/mol. The molecule has 2 N–H and O–H groups in total. The van der Waals surface area contributed by atoms with Crippen LogP contribution >= 0.6 is 7.82 Å². The number of phosphoric ester groups is 1. The van der Waals surface area contributed by atoms with Gasteiger partial charge < -0.3 is 34.1 Å². The minimum absolute atomic E-state index is 0. The Bertz CT molecular complexity index is 1440. The summed E-state index contributed by atoms with van der Waals surface area (Å²) >= 11 is 0. The number of primary amides is 1. The van der Waals surface area contributed by atoms with E-state index in [2.05, 4.69) is 94.1 Å². The van der Waals surface area contributed by atoms with Crippen LogP contribution in [0.2, 0.25) is 0 Å². The quantitative estimate of drug-likeness (QED) is 0.0486. The van der Waals surface area contributed by atoms with Gasteiger partial charge >= 0.3 is 71.1 Å². The molecule has 0 fully saturated rings. The minimum Gasteiger partial charge on any atom is -0.790 e. The molecule has 0 aliphatic rings. The van der Waals surface area contributed by atoms with Crippen LogP contribution in [0.4, 0.5) is 0 Å². The van der Waals surface area contributed by atoms with Crippen LogP contribution in [-0.4, -0.2) is 37.2 Å². The largest absolute Gasteiger partial charge is 1.00 e. The summed E-state index contributed by atoms with van der Waals surface area (Å²) in [6, 6.07) is 0. The number of esters is 2. The van der Waals surface area contributed by atoms with E-state index in [4.69, 9.17) is 15.9 Å². The van der Waals surface area contributed by atoms with Crippen LogP contribution in [0, 0.1) is 83.4 Å². The first-order valence-electron chi connectivity index (χ1n) is 14.3. The van der Waals surface area contributed by atoms with Crippen molar-refractivity contribution in [3.63, 3.8) is 0 Å². The number of carbonyl (C=O) groups excluding carboxylic acids is 3. The maximum absolute atomic E-state index is 12.1. The molecule has 0 saturated carbocycles. The van der Waals surface area contributed by atoms with Crippen molar-refractivity contribution in [3.8, 4) is 83.4 Å². The molecule has 0 rings (SSSR count). The molecule has 0 heterocycles. The average molecular weight is 708 g/mol. The SMILES string of the molecule is C#CC#CC#CC#CC#CC#CC#CC(=O)OC[C@H](COP(=O)([O-])[O-])OC(=O)CCCCCCCCCCCCC.CC(N)=O.[HH].[HH].[HH].[HH].[HH].[HH].[HH].[HH].[HH].[HH].[HH].[HH].[HH].[Na+].[Na+]. The summed E-state index contributed by atoms with van der Waals surface area (Å²) < 4.78 is 25.0. The number of terminal acetylenes is 1. The second kappa shape index (κ2) is 37.9. The fourth-order valence-corrected chi connectivity index (χ4v) is 3.42. The molecule has 0 aliphatic heterocycles. The Kier molecular flexibility index (Phi) is 41.3. The zero-order valence-electron chi connectivity index (χ0n) is 27.8. The van der Waals surface area contributed by atoms with Crippen LogP contribution < -0.4 is 74.6 Å². The molecule has 0 radical (unpaired) electrons. The van der Waals surface area contributed by atoms with Gasteiger partial charge in [0.1, 0.15) is 6.61 Å². The fraction of sp³-hybridized carbons (Fsp3) is 0.500. The first-order valence-corrected chi connectivity index (χ1v) is 15.7. The molecule has 1 amide bonds. The summed E-state index contributed by atoms with van der Waals surface area (Å²) in [5, 5.41) is 0. The summed E-state index contributed by atoms with van der Waals surface area (Å²) in [6.07, 6.45) is 16.0. The van der Waals surface area contributed by atoms with Crippen LogP contribution in [-0.2, 0) is 32.9 Å². The summed E-state index contributed by atoms with van der Waals surface area (Å²) in [7, 11) is -5.32. The van der Waals surface area contributed by atoms with E-state index in [0.717, 1.165) is 19.3 Å². The van der Waals surface area contributed by atoms with Gasteiger partial charge in [-0.15, -0.1) is 6.42 Å². The Morgan fingerprint density at radius 3 is 1.57 bits per heavy atom. The smallest absolute Gasteiger partial charge is 0.790 e. The Labute approximate surface area is 343 Å². The Hall–Kier alpha value is -2.56. The molecule has 0 aromatic heterocycles. The van der Waals surface area contributed by atoms with Gasteiger partial charge in [0, 0.05) is 37.8 Å². The Morgan fingerprint density at radius 1 is 0.745 bits per heavy atom. The third-order valence-electron chi connectivity index (χ3n) is 4.96. The normalized spacial score (nSPS) is 9.09. The third-order valence-corrected chi connectivity index (χ3v) is 5.43. The van der Waals surface area contributed by atoms with Crippen LogP contribution in [0.3, 0.4) is 0 Å². The van der Waals surface area contributed by atoms with Crippen molar-refractivity contribution < 1.29 is 120 Å². The van der Waals surface area contributed by atoms with Crippen LogP contribution in [0.5, 0.6) is 0 Å². The van der Waals surface area contributed by atoms with Gasteiger partial charge in [0.2, 0.25) is 5.91 Å². The molecule has 0 aliphatic carbocycles. The molecular formula is C34H64NNa2O9P. The van der Waals surface area contributed by atoms with Gasteiger partial charge in [-0.1, -0.05) is 71.1 Å². The number of hydrogen-bond donors (Lipinski definition) is 1. The second-order valence-electron chi connectivity index (χ2n) is 8.99. The molecule has 1 atom stereocenters. The van der Waals surface area contributed by atoms with Crippen LogP contribution in [0.15, 0.2) is 0 Å². The molecule has 0 aromatic carbocycles. The number of ether oxygens (including phenoxy) is 2. The topological polar surface area (TPSA) is 168 Å². The number of amides is 1. The van der Waals surface area contributed by atoms with E-state index in [0.29, 0.717) is 6.42 Å². The van der Waals surface area contributed by atoms with Gasteiger partial charge in [0.15, 0.2) is 6.10 Å². The molecule has 13 heteroatoms. The molecule has 10 nitrogen and oxygen atoms in total. The predicted molar refractivity (Wildman–Crippen MR) is 193 cm³/mol. The van der Waals surface area contributed by atoms with Gasteiger partial charge in [-0.25, -0.2) is 4.79 Å². The fourth-order valence-electron chi connectivity index (χ4n) is 3.07. The van der Waals surface area contributed by atoms with Crippen molar-refractivity contribution >= 4 is 25.7 Å². The zero-order chi connectivity index (χ0) is 34.0. The predicted octanol–water partition coefficient (Wildman–Crippen LogP) is -0.661. The number of phosphoric acid groups is 1. The van der Waals surface area contributed by atoms with E-state index in [1.54, 1.807) is 0 Å². The van der Waals surface area contributed by atoms with E-state index in [9.17, 15) is 28.7 Å². The Balaban J connectivity index is -0.0000000619. The average Bonchev–Trinajstić information content (AvgIpc) is 2.97. The standard InChI is InChI=1S/C32H35O8P.C2H5NO.2Na.13H2/c1-3-5-7-9-11-13-15-17-18-20-22-24-26-31(33)38-28-30(29-39-41(35,36)37)40-32(34)27-25-23-21-19-16-14-12-10-8-6-4-2;1-2(3)4;;;;;;;;;;;;;;;/h1,30H,4,6,8,10,12,14,16,19,21,23,25,27-29H2,2H3,(H2,35,36,37);1H3,(H2,3,4);;;13*1H/q;;2*+1;;;;;;;;;;;;;/p-2/t30-;;;;;;;;;;;;;;;;/m1................/s1. The van der Waals surface area contributed by atoms with Gasteiger partial charge in [-0.05, 0) is 77.5 Å². The third kappa shape index (κ3) is 48.0. The molecule has 0 unspecified atom stereocenters. The summed E-state index contributed by atoms with van der Waals surface area (Å²) in [5.74, 6) is 28.1.